The minimum Gasteiger partial charge on any atom is -0.454 e. The number of nitrogens with zero attached hydrogens (tertiary/aromatic N) is 1. The van der Waals surface area contributed by atoms with Crippen LogP contribution in [0.2, 0.25) is 0 Å². The third-order valence-electron chi connectivity index (χ3n) is 3.75. The standard InChI is InChI=1S/C17H19NO3/c1-12-5-3-4-6-14(12)18(2)10-15(19)13-7-8-16-17(9-13)21-11-20-16/h3-9,15,19H,10-11H2,1-2H3. The van der Waals surface area contributed by atoms with Gasteiger partial charge >= 0.3 is 0 Å². The minimum absolute atomic E-state index is 0.248. The number of hydrogen-bond donors (Lipinski definition) is 1. The summed E-state index contributed by atoms with van der Waals surface area (Å²) in [6.45, 7) is 2.83. The highest BCUT2D eigenvalue weighted by molar-refractivity contribution is 5.53. The quantitative estimate of drug-likeness (QED) is 0.938. The van der Waals surface area contributed by atoms with E-state index >= 15 is 0 Å². The van der Waals surface area contributed by atoms with Crippen LogP contribution in [-0.2, 0) is 0 Å². The molecule has 0 fully saturated rings. The molecule has 0 saturated heterocycles. The van der Waals surface area contributed by atoms with Crippen LogP contribution in [0.15, 0.2) is 42.5 Å². The number of ether oxygens (including phenoxy) is 2. The highest BCUT2D eigenvalue weighted by Crippen LogP contribution is 2.34. The predicted molar refractivity (Wildman–Crippen MR) is 82.0 cm³/mol. The number of aryl methyl sites for hydroxylation is 1. The first-order valence-corrected chi connectivity index (χ1v) is 6.99. The summed E-state index contributed by atoms with van der Waals surface area (Å²) >= 11 is 0. The zero-order chi connectivity index (χ0) is 14.8. The Morgan fingerprint density at radius 1 is 1.14 bits per heavy atom. The van der Waals surface area contributed by atoms with Crippen LogP contribution in [0.1, 0.15) is 17.2 Å². The molecular formula is C17H19NO3. The molecule has 2 aromatic carbocycles. The molecule has 0 saturated carbocycles. The largest absolute Gasteiger partial charge is 0.454 e. The van der Waals surface area contributed by atoms with Crippen molar-refractivity contribution < 1.29 is 14.6 Å². The summed E-state index contributed by atoms with van der Waals surface area (Å²) in [6.07, 6.45) is -0.580. The molecule has 0 spiro atoms. The molecule has 4 heteroatoms. The molecule has 1 N–H and O–H groups in total. The number of aliphatic hydroxyl groups is 1. The van der Waals surface area contributed by atoms with E-state index in [1.165, 1.54) is 5.56 Å². The van der Waals surface area contributed by atoms with E-state index in [-0.39, 0.29) is 6.79 Å². The van der Waals surface area contributed by atoms with Crippen LogP contribution >= 0.6 is 0 Å². The Kier molecular flexibility index (Phi) is 3.71. The lowest BCUT2D eigenvalue weighted by atomic mass is 10.1. The number of fused-ring (bicyclic) bond motifs is 1. The van der Waals surface area contributed by atoms with E-state index in [0.29, 0.717) is 12.3 Å². The minimum atomic E-state index is -0.580. The Balaban J connectivity index is 1.74. The van der Waals surface area contributed by atoms with E-state index in [4.69, 9.17) is 9.47 Å². The van der Waals surface area contributed by atoms with Gasteiger partial charge in [0.1, 0.15) is 0 Å². The number of hydrogen-bond acceptors (Lipinski definition) is 4. The van der Waals surface area contributed by atoms with Crippen LogP contribution < -0.4 is 14.4 Å². The van der Waals surface area contributed by atoms with Crippen molar-refractivity contribution in [3.63, 3.8) is 0 Å². The van der Waals surface area contributed by atoms with E-state index in [1.54, 1.807) is 0 Å². The van der Waals surface area contributed by atoms with Gasteiger partial charge in [-0.1, -0.05) is 24.3 Å². The number of likely N-dealkylation sites (N-methyl/N-ethyl adjacent to an activating group) is 1. The van der Waals surface area contributed by atoms with Crippen LogP contribution in [0.3, 0.4) is 0 Å². The number of para-hydroxylation sites is 1. The zero-order valence-electron chi connectivity index (χ0n) is 12.2. The van der Waals surface area contributed by atoms with Gasteiger partial charge in [-0.25, -0.2) is 0 Å². The maximum atomic E-state index is 10.4. The van der Waals surface area contributed by atoms with E-state index in [9.17, 15) is 5.11 Å². The molecule has 110 valence electrons. The molecular weight excluding hydrogens is 266 g/mol. The average molecular weight is 285 g/mol. The summed E-state index contributed by atoms with van der Waals surface area (Å²) in [6, 6.07) is 13.7. The number of benzene rings is 2. The maximum Gasteiger partial charge on any atom is 0.231 e. The first kappa shape index (κ1) is 13.8. The molecule has 1 aliphatic rings. The van der Waals surface area contributed by atoms with E-state index < -0.39 is 6.10 Å². The van der Waals surface area contributed by atoms with Crippen molar-refractivity contribution in [2.75, 3.05) is 25.3 Å². The summed E-state index contributed by atoms with van der Waals surface area (Å²) in [4.78, 5) is 2.06. The van der Waals surface area contributed by atoms with Gasteiger partial charge in [0.25, 0.3) is 0 Å². The fourth-order valence-corrected chi connectivity index (χ4v) is 2.58. The molecule has 1 atom stereocenters. The highest BCUT2D eigenvalue weighted by Gasteiger charge is 2.18. The first-order valence-electron chi connectivity index (χ1n) is 6.99. The molecule has 0 aliphatic carbocycles. The molecule has 1 heterocycles. The van der Waals surface area contributed by atoms with Gasteiger partial charge in [-0.15, -0.1) is 0 Å². The highest BCUT2D eigenvalue weighted by atomic mass is 16.7. The molecule has 3 rings (SSSR count). The summed E-state index contributed by atoms with van der Waals surface area (Å²) in [5, 5.41) is 10.4. The van der Waals surface area contributed by atoms with Gasteiger partial charge in [0, 0.05) is 19.3 Å². The van der Waals surface area contributed by atoms with Crippen LogP contribution in [0.4, 0.5) is 5.69 Å². The molecule has 2 aromatic rings. The van der Waals surface area contributed by atoms with E-state index in [2.05, 4.69) is 24.0 Å². The van der Waals surface area contributed by atoms with Crippen molar-refractivity contribution in [2.45, 2.75) is 13.0 Å². The fourth-order valence-electron chi connectivity index (χ4n) is 2.58. The zero-order valence-corrected chi connectivity index (χ0v) is 12.2. The Morgan fingerprint density at radius 3 is 2.71 bits per heavy atom. The monoisotopic (exact) mass is 285 g/mol. The van der Waals surface area contributed by atoms with Gasteiger partial charge in [-0.05, 0) is 36.2 Å². The Morgan fingerprint density at radius 2 is 1.90 bits per heavy atom. The molecule has 0 radical (unpaired) electrons. The third-order valence-corrected chi connectivity index (χ3v) is 3.75. The van der Waals surface area contributed by atoms with Crippen molar-refractivity contribution in [3.05, 3.63) is 53.6 Å². The second-order valence-corrected chi connectivity index (χ2v) is 5.30. The maximum absolute atomic E-state index is 10.4. The molecule has 0 aromatic heterocycles. The Labute approximate surface area is 124 Å². The van der Waals surface area contributed by atoms with Gasteiger partial charge in [0.2, 0.25) is 6.79 Å². The third kappa shape index (κ3) is 2.81. The van der Waals surface area contributed by atoms with Gasteiger partial charge in [0.15, 0.2) is 11.5 Å². The lowest BCUT2D eigenvalue weighted by molar-refractivity contribution is 0.172. The molecule has 4 nitrogen and oxygen atoms in total. The smallest absolute Gasteiger partial charge is 0.231 e. The Bertz CT molecular complexity index is 642. The molecule has 21 heavy (non-hydrogen) atoms. The topological polar surface area (TPSA) is 41.9 Å². The van der Waals surface area contributed by atoms with E-state index in [0.717, 1.165) is 17.0 Å². The fraction of sp³-hybridized carbons (Fsp3) is 0.294. The molecule has 0 amide bonds. The van der Waals surface area contributed by atoms with Gasteiger partial charge in [-0.2, -0.15) is 0 Å². The predicted octanol–water partition coefficient (Wildman–Crippen LogP) is 2.89. The SMILES string of the molecule is Cc1ccccc1N(C)CC(O)c1ccc2c(c1)OCO2. The van der Waals surface area contributed by atoms with E-state index in [1.807, 2.05) is 37.4 Å². The normalized spacial score (nSPS) is 14.0. The summed E-state index contributed by atoms with van der Waals surface area (Å²) in [5.74, 6) is 1.43. The molecule has 1 unspecified atom stereocenters. The second-order valence-electron chi connectivity index (χ2n) is 5.30. The molecule has 0 bridgehead atoms. The van der Waals surface area contributed by atoms with Crippen molar-refractivity contribution in [3.8, 4) is 11.5 Å². The van der Waals surface area contributed by atoms with Crippen LogP contribution in [-0.4, -0.2) is 25.5 Å². The first-order chi connectivity index (χ1) is 10.1. The number of rotatable bonds is 4. The van der Waals surface area contributed by atoms with Crippen molar-refractivity contribution in [1.29, 1.82) is 0 Å². The summed E-state index contributed by atoms with van der Waals surface area (Å²) in [5.41, 5.74) is 3.15. The van der Waals surface area contributed by atoms with Gasteiger partial charge in [-0.3, -0.25) is 0 Å². The van der Waals surface area contributed by atoms with Crippen LogP contribution in [0.5, 0.6) is 11.5 Å². The van der Waals surface area contributed by atoms with Gasteiger partial charge in [0.05, 0.1) is 6.10 Å². The van der Waals surface area contributed by atoms with Crippen LogP contribution in [0.25, 0.3) is 0 Å². The van der Waals surface area contributed by atoms with Gasteiger partial charge < -0.3 is 19.5 Å². The van der Waals surface area contributed by atoms with Crippen LogP contribution in [0, 0.1) is 6.92 Å². The second kappa shape index (κ2) is 5.66. The number of anilines is 1. The number of aliphatic hydroxyl groups excluding tert-OH is 1. The lowest BCUT2D eigenvalue weighted by Crippen LogP contribution is -2.24. The van der Waals surface area contributed by atoms with Crippen molar-refractivity contribution >= 4 is 5.69 Å². The lowest BCUT2D eigenvalue weighted by Gasteiger charge is -2.24. The average Bonchev–Trinajstić information content (AvgIpc) is 2.94. The summed E-state index contributed by atoms with van der Waals surface area (Å²) in [7, 11) is 1.98. The Hall–Kier alpha value is -2.20. The summed E-state index contributed by atoms with van der Waals surface area (Å²) < 4.78 is 10.6. The van der Waals surface area contributed by atoms with Crippen molar-refractivity contribution in [1.82, 2.24) is 0 Å². The van der Waals surface area contributed by atoms with Crippen molar-refractivity contribution in [2.24, 2.45) is 0 Å². The molecule has 1 aliphatic heterocycles.